The van der Waals surface area contributed by atoms with Gasteiger partial charge < -0.3 is 9.84 Å². The summed E-state index contributed by atoms with van der Waals surface area (Å²) >= 11 is 3.37. The van der Waals surface area contributed by atoms with Gasteiger partial charge >= 0.3 is 0 Å². The van der Waals surface area contributed by atoms with E-state index in [-0.39, 0.29) is 6.61 Å². The Balaban J connectivity index is 2.81. The Morgan fingerprint density at radius 2 is 2.23 bits per heavy atom. The lowest BCUT2D eigenvalue weighted by molar-refractivity contribution is 0.200. The second-order valence-corrected chi connectivity index (χ2v) is 3.59. The van der Waals surface area contributed by atoms with Crippen LogP contribution in [0.15, 0.2) is 22.7 Å². The molecule has 0 aliphatic rings. The lowest BCUT2D eigenvalue weighted by Gasteiger charge is -2.09. The summed E-state index contributed by atoms with van der Waals surface area (Å²) in [5.74, 6) is 0.853. The van der Waals surface area contributed by atoms with Gasteiger partial charge in [0.05, 0.1) is 6.61 Å². The van der Waals surface area contributed by atoms with Crippen LogP contribution in [0.3, 0.4) is 0 Å². The third-order valence-corrected chi connectivity index (χ3v) is 2.25. The van der Waals surface area contributed by atoms with Crippen LogP contribution in [0.2, 0.25) is 0 Å². The number of rotatable bonds is 4. The van der Waals surface area contributed by atoms with Gasteiger partial charge in [-0.05, 0) is 24.1 Å². The second-order valence-electron chi connectivity index (χ2n) is 2.68. The number of benzene rings is 1. The van der Waals surface area contributed by atoms with E-state index in [2.05, 4.69) is 22.9 Å². The molecule has 1 rings (SSSR count). The standard InChI is InChI=1S/C10H13BrO2/c1-2-8-3-4-9(11)7-10(8)13-6-5-12/h3-4,7,12H,2,5-6H2,1H3. The number of halogens is 1. The summed E-state index contributed by atoms with van der Waals surface area (Å²) in [7, 11) is 0. The van der Waals surface area contributed by atoms with Crippen molar-refractivity contribution in [1.82, 2.24) is 0 Å². The molecule has 2 nitrogen and oxygen atoms in total. The van der Waals surface area contributed by atoms with Gasteiger partial charge in [0.15, 0.2) is 0 Å². The number of aliphatic hydroxyl groups is 1. The molecule has 72 valence electrons. The van der Waals surface area contributed by atoms with Crippen molar-refractivity contribution in [3.63, 3.8) is 0 Å². The van der Waals surface area contributed by atoms with Crippen molar-refractivity contribution >= 4 is 15.9 Å². The van der Waals surface area contributed by atoms with E-state index in [1.54, 1.807) is 0 Å². The van der Waals surface area contributed by atoms with Crippen molar-refractivity contribution in [3.05, 3.63) is 28.2 Å². The largest absolute Gasteiger partial charge is 0.491 e. The third-order valence-electron chi connectivity index (χ3n) is 1.76. The zero-order chi connectivity index (χ0) is 9.68. The lowest BCUT2D eigenvalue weighted by Crippen LogP contribution is -2.03. The summed E-state index contributed by atoms with van der Waals surface area (Å²) in [6, 6.07) is 5.94. The lowest BCUT2D eigenvalue weighted by atomic mass is 10.1. The van der Waals surface area contributed by atoms with E-state index >= 15 is 0 Å². The van der Waals surface area contributed by atoms with Crippen LogP contribution in [-0.2, 0) is 6.42 Å². The van der Waals surface area contributed by atoms with Gasteiger partial charge in [0, 0.05) is 4.47 Å². The SMILES string of the molecule is CCc1ccc(Br)cc1OCCO. The van der Waals surface area contributed by atoms with Gasteiger partial charge in [-0.2, -0.15) is 0 Å². The van der Waals surface area contributed by atoms with Crippen molar-refractivity contribution in [2.45, 2.75) is 13.3 Å². The number of ether oxygens (including phenoxy) is 1. The van der Waals surface area contributed by atoms with Gasteiger partial charge in [-0.1, -0.05) is 28.9 Å². The van der Waals surface area contributed by atoms with Gasteiger partial charge in [-0.25, -0.2) is 0 Å². The average Bonchev–Trinajstić information content (AvgIpc) is 2.15. The highest BCUT2D eigenvalue weighted by Gasteiger charge is 2.01. The molecule has 0 aromatic heterocycles. The number of hydrogen-bond donors (Lipinski definition) is 1. The molecule has 0 aliphatic carbocycles. The van der Waals surface area contributed by atoms with Gasteiger partial charge in [-0.3, -0.25) is 0 Å². The monoisotopic (exact) mass is 244 g/mol. The molecule has 0 aliphatic heterocycles. The Morgan fingerprint density at radius 1 is 1.46 bits per heavy atom. The summed E-state index contributed by atoms with van der Waals surface area (Å²) in [5.41, 5.74) is 1.16. The molecule has 0 radical (unpaired) electrons. The maximum Gasteiger partial charge on any atom is 0.123 e. The molecule has 0 bridgehead atoms. The second kappa shape index (κ2) is 5.25. The minimum Gasteiger partial charge on any atom is -0.491 e. The fourth-order valence-corrected chi connectivity index (χ4v) is 1.45. The Morgan fingerprint density at radius 3 is 2.85 bits per heavy atom. The molecule has 0 fully saturated rings. The summed E-state index contributed by atoms with van der Waals surface area (Å²) in [6.45, 7) is 2.48. The molecule has 1 aromatic carbocycles. The van der Waals surface area contributed by atoms with E-state index in [1.165, 1.54) is 0 Å². The maximum atomic E-state index is 8.62. The van der Waals surface area contributed by atoms with Gasteiger partial charge in [0.2, 0.25) is 0 Å². The average molecular weight is 245 g/mol. The molecule has 0 amide bonds. The molecule has 0 saturated carbocycles. The van der Waals surface area contributed by atoms with Crippen LogP contribution in [0.4, 0.5) is 0 Å². The van der Waals surface area contributed by atoms with Crippen molar-refractivity contribution in [3.8, 4) is 5.75 Å². The molecule has 0 heterocycles. The minimum absolute atomic E-state index is 0.0513. The van der Waals surface area contributed by atoms with Crippen LogP contribution in [-0.4, -0.2) is 18.3 Å². The van der Waals surface area contributed by atoms with Crippen LogP contribution < -0.4 is 4.74 Å². The highest BCUT2D eigenvalue weighted by Crippen LogP contribution is 2.23. The maximum absolute atomic E-state index is 8.62. The molecule has 1 aromatic rings. The first-order valence-corrected chi connectivity index (χ1v) is 5.09. The van der Waals surface area contributed by atoms with Gasteiger partial charge in [0.25, 0.3) is 0 Å². The molecule has 0 spiro atoms. The minimum atomic E-state index is 0.0513. The van der Waals surface area contributed by atoms with E-state index in [0.717, 1.165) is 22.2 Å². The smallest absolute Gasteiger partial charge is 0.123 e. The first kappa shape index (κ1) is 10.5. The van der Waals surface area contributed by atoms with Crippen molar-refractivity contribution in [2.24, 2.45) is 0 Å². The van der Waals surface area contributed by atoms with Crippen LogP contribution in [0, 0.1) is 0 Å². The van der Waals surface area contributed by atoms with Crippen molar-refractivity contribution < 1.29 is 9.84 Å². The zero-order valence-electron chi connectivity index (χ0n) is 7.59. The van der Waals surface area contributed by atoms with Crippen molar-refractivity contribution in [2.75, 3.05) is 13.2 Å². The highest BCUT2D eigenvalue weighted by molar-refractivity contribution is 9.10. The Labute approximate surface area is 86.7 Å². The van der Waals surface area contributed by atoms with Crippen LogP contribution in [0.1, 0.15) is 12.5 Å². The fourth-order valence-electron chi connectivity index (χ4n) is 1.11. The quantitative estimate of drug-likeness (QED) is 0.882. The number of aryl methyl sites for hydroxylation is 1. The summed E-state index contributed by atoms with van der Waals surface area (Å²) in [6.07, 6.45) is 0.939. The van der Waals surface area contributed by atoms with Crippen LogP contribution in [0.25, 0.3) is 0 Å². The van der Waals surface area contributed by atoms with E-state index in [4.69, 9.17) is 9.84 Å². The fraction of sp³-hybridized carbons (Fsp3) is 0.400. The molecule has 0 unspecified atom stereocenters. The van der Waals surface area contributed by atoms with Crippen LogP contribution >= 0.6 is 15.9 Å². The van der Waals surface area contributed by atoms with Crippen LogP contribution in [0.5, 0.6) is 5.75 Å². The first-order valence-electron chi connectivity index (χ1n) is 4.30. The highest BCUT2D eigenvalue weighted by atomic mass is 79.9. The molecule has 13 heavy (non-hydrogen) atoms. The number of hydrogen-bond acceptors (Lipinski definition) is 2. The topological polar surface area (TPSA) is 29.5 Å². The van der Waals surface area contributed by atoms with Gasteiger partial charge in [0.1, 0.15) is 12.4 Å². The molecule has 0 atom stereocenters. The van der Waals surface area contributed by atoms with E-state index in [0.29, 0.717) is 6.61 Å². The van der Waals surface area contributed by atoms with E-state index in [1.807, 2.05) is 18.2 Å². The normalized spacial score (nSPS) is 10.1. The summed E-state index contributed by atoms with van der Waals surface area (Å²) in [5, 5.41) is 8.62. The Kier molecular flexibility index (Phi) is 4.25. The zero-order valence-corrected chi connectivity index (χ0v) is 9.17. The summed E-state index contributed by atoms with van der Waals surface area (Å²) in [4.78, 5) is 0. The molecule has 1 N–H and O–H groups in total. The van der Waals surface area contributed by atoms with Gasteiger partial charge in [-0.15, -0.1) is 0 Å². The molecule has 0 saturated heterocycles. The number of aliphatic hydroxyl groups excluding tert-OH is 1. The van der Waals surface area contributed by atoms with E-state index < -0.39 is 0 Å². The molecular weight excluding hydrogens is 232 g/mol. The molecular formula is C10H13BrO2. The first-order chi connectivity index (χ1) is 6.27. The van der Waals surface area contributed by atoms with Crippen molar-refractivity contribution in [1.29, 1.82) is 0 Å². The predicted octanol–water partition coefficient (Wildman–Crippen LogP) is 2.38. The third kappa shape index (κ3) is 3.01. The predicted molar refractivity (Wildman–Crippen MR) is 56.1 cm³/mol. The molecule has 3 heteroatoms. The Bertz CT molecular complexity index is 274. The van der Waals surface area contributed by atoms with E-state index in [9.17, 15) is 0 Å². The summed E-state index contributed by atoms with van der Waals surface area (Å²) < 4.78 is 6.38. The Hall–Kier alpha value is -0.540.